The molecule has 1 aliphatic rings. The van der Waals surface area contributed by atoms with E-state index in [0.29, 0.717) is 26.1 Å². The number of carbonyl (C=O) groups is 1. The number of fused-ring (bicyclic) bond motifs is 1. The van der Waals surface area contributed by atoms with Gasteiger partial charge in [-0.1, -0.05) is 34.1 Å². The minimum absolute atomic E-state index is 0. The molecule has 0 radical (unpaired) electrons. The van der Waals surface area contributed by atoms with Crippen LogP contribution < -0.4 is 20.7 Å². The number of ether oxygens (including phenoxy) is 1. The van der Waals surface area contributed by atoms with Crippen LogP contribution in [0.5, 0.6) is 5.75 Å². The highest BCUT2D eigenvalue weighted by Gasteiger charge is 2.24. The second kappa shape index (κ2) is 12.0. The van der Waals surface area contributed by atoms with Crippen LogP contribution in [0, 0.1) is 0 Å². The summed E-state index contributed by atoms with van der Waals surface area (Å²) in [5.74, 6) is 1.68. The van der Waals surface area contributed by atoms with Crippen molar-refractivity contribution in [2.24, 2.45) is 4.99 Å². The summed E-state index contributed by atoms with van der Waals surface area (Å²) in [5, 5.41) is 9.45. The van der Waals surface area contributed by atoms with E-state index >= 15 is 0 Å². The maximum atomic E-state index is 12.0. The van der Waals surface area contributed by atoms with Gasteiger partial charge in [-0.15, -0.1) is 24.0 Å². The molecule has 1 aliphatic heterocycles. The zero-order valence-electron chi connectivity index (χ0n) is 16.3. The Kier molecular flexibility index (Phi) is 9.72. The number of aliphatic imine (C=N–C) groups is 1. The van der Waals surface area contributed by atoms with E-state index in [1.54, 1.807) is 0 Å². The third kappa shape index (κ3) is 7.18. The Balaban J connectivity index is 0.00000300. The van der Waals surface area contributed by atoms with E-state index in [4.69, 9.17) is 4.74 Å². The molecule has 0 aliphatic carbocycles. The molecule has 0 aromatic heterocycles. The topological polar surface area (TPSA) is 74.8 Å². The van der Waals surface area contributed by atoms with Gasteiger partial charge in [-0.3, -0.25) is 9.79 Å². The summed E-state index contributed by atoms with van der Waals surface area (Å²) in [7, 11) is 0. The van der Waals surface area contributed by atoms with Gasteiger partial charge in [-0.05, 0) is 42.8 Å². The van der Waals surface area contributed by atoms with Crippen LogP contribution in [0.2, 0.25) is 0 Å². The molecule has 0 spiro atoms. The summed E-state index contributed by atoms with van der Waals surface area (Å²) >= 11 is 3.41. The molecule has 1 heterocycles. The molecule has 1 atom stereocenters. The van der Waals surface area contributed by atoms with Crippen LogP contribution >= 0.6 is 39.9 Å². The van der Waals surface area contributed by atoms with Gasteiger partial charge in [-0.2, -0.15) is 0 Å². The number of hydrogen-bond acceptors (Lipinski definition) is 3. The number of nitrogens with one attached hydrogen (secondary N) is 3. The minimum Gasteiger partial charge on any atom is -0.492 e. The van der Waals surface area contributed by atoms with Crippen molar-refractivity contribution in [2.75, 3.05) is 31.6 Å². The fraction of sp³-hybridized carbons (Fsp3) is 0.333. The molecule has 29 heavy (non-hydrogen) atoms. The monoisotopic (exact) mass is 572 g/mol. The predicted molar refractivity (Wildman–Crippen MR) is 131 cm³/mol. The molecule has 0 bridgehead atoms. The number of carbonyl (C=O) groups excluding carboxylic acids is 1. The highest BCUT2D eigenvalue weighted by atomic mass is 127. The third-order valence-corrected chi connectivity index (χ3v) is 4.93. The second-order valence-corrected chi connectivity index (χ2v) is 7.40. The SMILES string of the molecule is CCNC(=NCC1CC(=O)Nc2ccccc21)NCCOc1ccc(Br)cc1.I. The molecule has 3 rings (SSSR count). The number of anilines is 1. The van der Waals surface area contributed by atoms with Crippen LogP contribution in [-0.2, 0) is 4.79 Å². The lowest BCUT2D eigenvalue weighted by molar-refractivity contribution is -0.116. The fourth-order valence-corrected chi connectivity index (χ4v) is 3.34. The van der Waals surface area contributed by atoms with E-state index < -0.39 is 0 Å². The van der Waals surface area contributed by atoms with Crippen molar-refractivity contribution in [3.05, 3.63) is 58.6 Å². The highest BCUT2D eigenvalue weighted by Crippen LogP contribution is 2.31. The average molecular weight is 573 g/mol. The zero-order valence-corrected chi connectivity index (χ0v) is 20.2. The van der Waals surface area contributed by atoms with E-state index in [-0.39, 0.29) is 35.8 Å². The lowest BCUT2D eigenvalue weighted by Crippen LogP contribution is -2.39. The Morgan fingerprint density at radius 3 is 2.72 bits per heavy atom. The van der Waals surface area contributed by atoms with E-state index in [1.165, 1.54) is 0 Å². The van der Waals surface area contributed by atoms with Gasteiger partial charge in [0.15, 0.2) is 5.96 Å². The van der Waals surface area contributed by atoms with Crippen LogP contribution in [-0.4, -0.2) is 38.1 Å². The first-order chi connectivity index (χ1) is 13.7. The quantitative estimate of drug-likeness (QED) is 0.202. The normalized spacial score (nSPS) is 15.6. The zero-order chi connectivity index (χ0) is 19.8. The molecule has 2 aromatic carbocycles. The van der Waals surface area contributed by atoms with Crippen LogP contribution in [0.4, 0.5) is 5.69 Å². The second-order valence-electron chi connectivity index (χ2n) is 6.49. The smallest absolute Gasteiger partial charge is 0.225 e. The van der Waals surface area contributed by atoms with Gasteiger partial charge in [-0.25, -0.2) is 0 Å². The number of para-hydroxylation sites is 1. The van der Waals surface area contributed by atoms with Crippen molar-refractivity contribution in [3.63, 3.8) is 0 Å². The standard InChI is InChI=1S/C21H25BrN4O2.HI/c1-2-23-21(24-11-12-28-17-9-7-16(22)8-10-17)25-14-15-13-20(27)26-19-6-4-3-5-18(15)19;/h3-10,15H,2,11-14H2,1H3,(H,26,27)(H2,23,24,25);1H. The largest absolute Gasteiger partial charge is 0.492 e. The molecule has 0 fully saturated rings. The third-order valence-electron chi connectivity index (χ3n) is 4.40. The number of hydrogen-bond donors (Lipinski definition) is 3. The van der Waals surface area contributed by atoms with Gasteiger partial charge in [0, 0.05) is 29.0 Å². The maximum absolute atomic E-state index is 12.0. The van der Waals surface area contributed by atoms with Gasteiger partial charge in [0.25, 0.3) is 0 Å². The van der Waals surface area contributed by atoms with Gasteiger partial charge in [0.1, 0.15) is 12.4 Å². The lowest BCUT2D eigenvalue weighted by Gasteiger charge is -2.24. The molecule has 0 saturated heterocycles. The fourth-order valence-electron chi connectivity index (χ4n) is 3.08. The van der Waals surface area contributed by atoms with Crippen LogP contribution in [0.15, 0.2) is 58.0 Å². The number of rotatable bonds is 7. The van der Waals surface area contributed by atoms with Crippen molar-refractivity contribution >= 4 is 57.5 Å². The Hall–Kier alpha value is -1.81. The number of nitrogens with zero attached hydrogens (tertiary/aromatic N) is 1. The highest BCUT2D eigenvalue weighted by molar-refractivity contribution is 14.0. The average Bonchev–Trinajstić information content (AvgIpc) is 2.70. The van der Waals surface area contributed by atoms with Gasteiger partial charge in [0.05, 0.1) is 13.1 Å². The molecule has 6 nitrogen and oxygen atoms in total. The van der Waals surface area contributed by atoms with Crippen molar-refractivity contribution in [1.82, 2.24) is 10.6 Å². The van der Waals surface area contributed by atoms with Crippen molar-refractivity contribution < 1.29 is 9.53 Å². The van der Waals surface area contributed by atoms with Gasteiger partial charge in [0.2, 0.25) is 5.91 Å². The van der Waals surface area contributed by atoms with Crippen molar-refractivity contribution in [2.45, 2.75) is 19.3 Å². The summed E-state index contributed by atoms with van der Waals surface area (Å²) in [5.41, 5.74) is 2.03. The first-order valence-electron chi connectivity index (χ1n) is 9.45. The van der Waals surface area contributed by atoms with Crippen molar-refractivity contribution in [1.29, 1.82) is 0 Å². The molecule has 0 saturated carbocycles. The summed E-state index contributed by atoms with van der Waals surface area (Å²) in [6, 6.07) is 15.7. The number of benzene rings is 2. The van der Waals surface area contributed by atoms with Gasteiger partial charge >= 0.3 is 0 Å². The van der Waals surface area contributed by atoms with E-state index in [2.05, 4.69) is 42.9 Å². The minimum atomic E-state index is 0. The first-order valence-corrected chi connectivity index (χ1v) is 10.2. The Bertz CT molecular complexity index is 830. The predicted octanol–water partition coefficient (Wildman–Crippen LogP) is 4.13. The molecule has 2 aromatic rings. The number of guanidine groups is 1. The van der Waals surface area contributed by atoms with E-state index in [1.807, 2.05) is 49.4 Å². The summed E-state index contributed by atoms with van der Waals surface area (Å²) in [6.45, 7) is 4.50. The Morgan fingerprint density at radius 2 is 1.97 bits per heavy atom. The Labute approximate surface area is 197 Å². The van der Waals surface area contributed by atoms with E-state index in [9.17, 15) is 4.79 Å². The molecule has 156 valence electrons. The summed E-state index contributed by atoms with van der Waals surface area (Å²) < 4.78 is 6.75. The van der Waals surface area contributed by atoms with Crippen molar-refractivity contribution in [3.8, 4) is 5.75 Å². The number of amides is 1. The first kappa shape index (κ1) is 23.5. The molecule has 1 amide bonds. The number of halogens is 2. The van der Waals surface area contributed by atoms with Crippen LogP contribution in [0.3, 0.4) is 0 Å². The molecule has 3 N–H and O–H groups in total. The molecular formula is C21H26BrIN4O2. The van der Waals surface area contributed by atoms with Crippen LogP contribution in [0.25, 0.3) is 0 Å². The maximum Gasteiger partial charge on any atom is 0.225 e. The lowest BCUT2D eigenvalue weighted by atomic mass is 9.91. The molecule has 1 unspecified atom stereocenters. The summed E-state index contributed by atoms with van der Waals surface area (Å²) in [4.78, 5) is 16.6. The summed E-state index contributed by atoms with van der Waals surface area (Å²) in [6.07, 6.45) is 0.451. The molecular weight excluding hydrogens is 547 g/mol. The molecule has 8 heteroatoms. The Morgan fingerprint density at radius 1 is 1.21 bits per heavy atom. The van der Waals surface area contributed by atoms with Gasteiger partial charge < -0.3 is 20.7 Å². The van der Waals surface area contributed by atoms with Crippen LogP contribution in [0.1, 0.15) is 24.8 Å². The van der Waals surface area contributed by atoms with E-state index in [0.717, 1.165) is 34.0 Å².